The summed E-state index contributed by atoms with van der Waals surface area (Å²) in [6.45, 7) is 15.2. The van der Waals surface area contributed by atoms with Crippen LogP contribution in [-0.2, 0) is 16.0 Å². The standard InChI is InChI=1S/C21H32N2O4/c1-8-17(22(25)14-16-12-10-9-11-13-16)18-15(2)26-21(6,7)23(18)19(24)27-20(3,4)5/h8-13,15,17-18,25H,1,14H2,2-7H3/t15-,17+,18-/m1/s1. The smallest absolute Gasteiger partial charge is 0.412 e. The van der Waals surface area contributed by atoms with Crippen LogP contribution in [0.2, 0.25) is 0 Å². The first-order chi connectivity index (χ1) is 12.5. The predicted molar refractivity (Wildman–Crippen MR) is 104 cm³/mol. The first-order valence-electron chi connectivity index (χ1n) is 9.28. The van der Waals surface area contributed by atoms with Crippen LogP contribution in [0.15, 0.2) is 43.0 Å². The molecule has 0 spiro atoms. The zero-order valence-electron chi connectivity index (χ0n) is 17.2. The minimum Gasteiger partial charge on any atom is -0.444 e. The Bertz CT molecular complexity index is 654. The van der Waals surface area contributed by atoms with E-state index in [1.165, 1.54) is 5.06 Å². The van der Waals surface area contributed by atoms with Gasteiger partial charge in [-0.15, -0.1) is 6.58 Å². The largest absolute Gasteiger partial charge is 0.444 e. The topological polar surface area (TPSA) is 62.2 Å². The molecule has 3 atom stereocenters. The molecule has 1 amide bonds. The lowest BCUT2D eigenvalue weighted by Gasteiger charge is -2.39. The van der Waals surface area contributed by atoms with Gasteiger partial charge in [0.1, 0.15) is 11.3 Å². The molecule has 0 aliphatic carbocycles. The summed E-state index contributed by atoms with van der Waals surface area (Å²) >= 11 is 0. The lowest BCUT2D eigenvalue weighted by molar-refractivity contribution is -0.139. The van der Waals surface area contributed by atoms with Gasteiger partial charge in [0.05, 0.1) is 18.2 Å². The number of carbonyl (C=O) groups is 1. The Balaban J connectivity index is 2.29. The van der Waals surface area contributed by atoms with E-state index in [9.17, 15) is 10.0 Å². The molecular formula is C21H32N2O4. The third-order valence-corrected chi connectivity index (χ3v) is 4.55. The third kappa shape index (κ3) is 5.09. The van der Waals surface area contributed by atoms with Gasteiger partial charge in [0.25, 0.3) is 0 Å². The highest BCUT2D eigenvalue weighted by molar-refractivity contribution is 5.70. The molecule has 1 heterocycles. The van der Waals surface area contributed by atoms with Crippen molar-refractivity contribution >= 4 is 6.09 Å². The molecular weight excluding hydrogens is 344 g/mol. The van der Waals surface area contributed by atoms with Gasteiger partial charge in [-0.25, -0.2) is 4.79 Å². The summed E-state index contributed by atoms with van der Waals surface area (Å²) in [5.41, 5.74) is -0.529. The van der Waals surface area contributed by atoms with Crippen LogP contribution in [0.1, 0.15) is 47.1 Å². The maximum absolute atomic E-state index is 12.9. The van der Waals surface area contributed by atoms with E-state index in [4.69, 9.17) is 9.47 Å². The van der Waals surface area contributed by atoms with Gasteiger partial charge in [0.15, 0.2) is 0 Å². The van der Waals surface area contributed by atoms with Gasteiger partial charge in [0.2, 0.25) is 0 Å². The molecule has 0 saturated carbocycles. The predicted octanol–water partition coefficient (Wildman–Crippen LogP) is 4.19. The lowest BCUT2D eigenvalue weighted by Crippen LogP contribution is -2.57. The quantitative estimate of drug-likeness (QED) is 0.617. The molecule has 6 nitrogen and oxygen atoms in total. The molecule has 0 unspecified atom stereocenters. The summed E-state index contributed by atoms with van der Waals surface area (Å²) in [5, 5.41) is 12.0. The number of amides is 1. The van der Waals surface area contributed by atoms with Crippen molar-refractivity contribution < 1.29 is 19.5 Å². The van der Waals surface area contributed by atoms with E-state index in [2.05, 4.69) is 6.58 Å². The number of benzene rings is 1. The van der Waals surface area contributed by atoms with Crippen molar-refractivity contribution in [1.82, 2.24) is 9.96 Å². The molecule has 1 saturated heterocycles. The average molecular weight is 376 g/mol. The molecule has 1 N–H and O–H groups in total. The molecule has 1 aromatic carbocycles. The first kappa shape index (κ1) is 21.4. The molecule has 1 fully saturated rings. The number of carbonyl (C=O) groups excluding carboxylic acids is 1. The Labute approximate surface area is 162 Å². The highest BCUT2D eigenvalue weighted by atomic mass is 16.6. The maximum atomic E-state index is 12.9. The van der Waals surface area contributed by atoms with Crippen molar-refractivity contribution in [3.8, 4) is 0 Å². The van der Waals surface area contributed by atoms with Crippen LogP contribution in [0.5, 0.6) is 0 Å². The number of nitrogens with zero attached hydrogens (tertiary/aromatic N) is 2. The number of hydrogen-bond acceptors (Lipinski definition) is 5. The Morgan fingerprint density at radius 2 is 2.00 bits per heavy atom. The van der Waals surface area contributed by atoms with Gasteiger partial charge >= 0.3 is 6.09 Å². The van der Waals surface area contributed by atoms with E-state index >= 15 is 0 Å². The van der Waals surface area contributed by atoms with Gasteiger partial charge in [-0.05, 0) is 47.1 Å². The van der Waals surface area contributed by atoms with Crippen LogP contribution in [0.3, 0.4) is 0 Å². The molecule has 1 aliphatic rings. The SMILES string of the molecule is C=C[C@@H]([C@H]1[C@@H](C)OC(C)(C)N1C(=O)OC(C)(C)C)N(O)Cc1ccccc1. The molecule has 27 heavy (non-hydrogen) atoms. The average Bonchev–Trinajstić information content (AvgIpc) is 2.76. The van der Waals surface area contributed by atoms with E-state index in [1.54, 1.807) is 11.0 Å². The Kier molecular flexibility index (Phi) is 6.35. The minimum atomic E-state index is -0.860. The van der Waals surface area contributed by atoms with Crippen LogP contribution < -0.4 is 0 Å². The fourth-order valence-corrected chi connectivity index (χ4v) is 3.55. The Morgan fingerprint density at radius 3 is 2.52 bits per heavy atom. The van der Waals surface area contributed by atoms with Crippen LogP contribution in [0, 0.1) is 0 Å². The van der Waals surface area contributed by atoms with E-state index in [0.717, 1.165) is 5.56 Å². The maximum Gasteiger partial charge on any atom is 0.412 e. The number of rotatable bonds is 5. The van der Waals surface area contributed by atoms with Gasteiger partial charge in [-0.3, -0.25) is 4.90 Å². The zero-order valence-corrected chi connectivity index (χ0v) is 17.2. The molecule has 1 aliphatic heterocycles. The molecule has 1 aromatic rings. The van der Waals surface area contributed by atoms with Gasteiger partial charge in [0, 0.05) is 6.54 Å². The number of ether oxygens (including phenoxy) is 2. The van der Waals surface area contributed by atoms with Crippen molar-refractivity contribution in [2.45, 2.75) is 77.6 Å². The van der Waals surface area contributed by atoms with Crippen LogP contribution in [-0.4, -0.2) is 50.8 Å². The monoisotopic (exact) mass is 376 g/mol. The van der Waals surface area contributed by atoms with Crippen molar-refractivity contribution in [2.75, 3.05) is 0 Å². The summed E-state index contributed by atoms with van der Waals surface area (Å²) in [6, 6.07) is 8.68. The van der Waals surface area contributed by atoms with Gasteiger partial charge in [-0.2, -0.15) is 5.06 Å². The van der Waals surface area contributed by atoms with Crippen molar-refractivity contribution in [3.63, 3.8) is 0 Å². The lowest BCUT2D eigenvalue weighted by atomic mass is 10.0. The van der Waals surface area contributed by atoms with Gasteiger partial charge < -0.3 is 14.7 Å². The van der Waals surface area contributed by atoms with Gasteiger partial charge in [-0.1, -0.05) is 36.4 Å². The summed E-state index contributed by atoms with van der Waals surface area (Å²) in [4.78, 5) is 14.5. The van der Waals surface area contributed by atoms with Crippen LogP contribution in [0.25, 0.3) is 0 Å². The molecule has 0 aromatic heterocycles. The minimum absolute atomic E-state index is 0.305. The molecule has 0 radical (unpaired) electrons. The summed E-state index contributed by atoms with van der Waals surface area (Å²) in [5.74, 6) is 0. The zero-order chi connectivity index (χ0) is 20.4. The highest BCUT2D eigenvalue weighted by Crippen LogP contribution is 2.36. The Hall–Kier alpha value is -1.89. The molecule has 2 rings (SSSR count). The van der Waals surface area contributed by atoms with E-state index in [1.807, 2.05) is 71.9 Å². The third-order valence-electron chi connectivity index (χ3n) is 4.55. The number of hydroxylamine groups is 2. The second kappa shape index (κ2) is 8.00. The second-order valence-electron chi connectivity index (χ2n) is 8.42. The van der Waals surface area contributed by atoms with Crippen LogP contribution >= 0.6 is 0 Å². The second-order valence-corrected chi connectivity index (χ2v) is 8.42. The van der Waals surface area contributed by atoms with Crippen molar-refractivity contribution in [3.05, 3.63) is 48.6 Å². The fraction of sp³-hybridized carbons (Fsp3) is 0.571. The first-order valence-corrected chi connectivity index (χ1v) is 9.28. The van der Waals surface area contributed by atoms with E-state index in [-0.39, 0.29) is 6.10 Å². The van der Waals surface area contributed by atoms with E-state index < -0.39 is 29.5 Å². The van der Waals surface area contributed by atoms with Crippen molar-refractivity contribution in [2.24, 2.45) is 0 Å². The number of hydrogen-bond donors (Lipinski definition) is 1. The van der Waals surface area contributed by atoms with E-state index in [0.29, 0.717) is 6.54 Å². The van der Waals surface area contributed by atoms with Crippen molar-refractivity contribution in [1.29, 1.82) is 0 Å². The molecule has 150 valence electrons. The Morgan fingerprint density at radius 1 is 1.41 bits per heavy atom. The summed E-state index contributed by atoms with van der Waals surface area (Å²) < 4.78 is 11.6. The summed E-state index contributed by atoms with van der Waals surface area (Å²) in [6.07, 6.45) is 0.870. The molecule has 0 bridgehead atoms. The fourth-order valence-electron chi connectivity index (χ4n) is 3.55. The molecule has 6 heteroatoms. The van der Waals surface area contributed by atoms with Crippen LogP contribution in [0.4, 0.5) is 4.79 Å². The normalized spacial score (nSPS) is 23.3. The summed E-state index contributed by atoms with van der Waals surface area (Å²) in [7, 11) is 0. The highest BCUT2D eigenvalue weighted by Gasteiger charge is 2.52.